The maximum atomic E-state index is 11.8. The molecule has 0 spiro atoms. The van der Waals surface area contributed by atoms with E-state index in [1.807, 2.05) is 91.0 Å². The smallest absolute Gasteiger partial charge is 0.141 e. The Balaban J connectivity index is 2.03. The molecule has 25 heavy (non-hydrogen) atoms. The third-order valence-electron chi connectivity index (χ3n) is 4.25. The molecule has 0 atom stereocenters. The standard InChI is InChI=1S/C22H16N2O/c25-24-22-19(16-10-4-1-5-11-16)20(17-12-6-2-7-13-17)23-21(22)18-14-8-3-9-15-18/h1-15,23H. The number of aromatic nitrogens is 1. The number of rotatable bonds is 4. The largest absolute Gasteiger partial charge is 0.352 e. The topological polar surface area (TPSA) is 45.2 Å². The monoisotopic (exact) mass is 324 g/mol. The molecule has 3 nitrogen and oxygen atoms in total. The first-order chi connectivity index (χ1) is 12.4. The van der Waals surface area contributed by atoms with Gasteiger partial charge in [-0.05, 0) is 16.3 Å². The molecule has 120 valence electrons. The Morgan fingerprint density at radius 3 is 1.48 bits per heavy atom. The van der Waals surface area contributed by atoms with Gasteiger partial charge in [0.2, 0.25) is 0 Å². The molecule has 0 aliphatic carbocycles. The second kappa shape index (κ2) is 6.57. The van der Waals surface area contributed by atoms with Crippen LogP contribution in [-0.4, -0.2) is 4.98 Å². The van der Waals surface area contributed by atoms with Crippen LogP contribution in [0.3, 0.4) is 0 Å². The summed E-state index contributed by atoms with van der Waals surface area (Å²) in [5, 5.41) is 3.39. The van der Waals surface area contributed by atoms with Gasteiger partial charge in [-0.25, -0.2) is 0 Å². The van der Waals surface area contributed by atoms with Crippen molar-refractivity contribution in [3.63, 3.8) is 0 Å². The summed E-state index contributed by atoms with van der Waals surface area (Å²) >= 11 is 0. The van der Waals surface area contributed by atoms with E-state index in [4.69, 9.17) is 0 Å². The highest BCUT2D eigenvalue weighted by Crippen LogP contribution is 2.45. The first kappa shape index (κ1) is 15.1. The third kappa shape index (κ3) is 2.76. The molecule has 0 bridgehead atoms. The highest BCUT2D eigenvalue weighted by Gasteiger charge is 2.21. The zero-order valence-electron chi connectivity index (χ0n) is 13.5. The Hall–Kier alpha value is -3.46. The molecule has 0 amide bonds. The Kier molecular flexibility index (Phi) is 3.97. The summed E-state index contributed by atoms with van der Waals surface area (Å²) < 4.78 is 0. The summed E-state index contributed by atoms with van der Waals surface area (Å²) in [7, 11) is 0. The second-order valence-electron chi connectivity index (χ2n) is 5.79. The molecule has 0 aliphatic rings. The first-order valence-corrected chi connectivity index (χ1v) is 8.14. The quantitative estimate of drug-likeness (QED) is 0.433. The molecule has 0 fully saturated rings. The zero-order valence-corrected chi connectivity index (χ0v) is 13.5. The van der Waals surface area contributed by atoms with Crippen LogP contribution >= 0.6 is 0 Å². The van der Waals surface area contributed by atoms with Crippen LogP contribution in [-0.2, 0) is 0 Å². The van der Waals surface area contributed by atoms with Crippen molar-refractivity contribution in [3.8, 4) is 33.6 Å². The van der Waals surface area contributed by atoms with E-state index >= 15 is 0 Å². The van der Waals surface area contributed by atoms with Gasteiger partial charge in [-0.2, -0.15) is 0 Å². The van der Waals surface area contributed by atoms with E-state index in [9.17, 15) is 4.91 Å². The van der Waals surface area contributed by atoms with E-state index in [1.165, 1.54) is 0 Å². The molecular formula is C22H16N2O. The lowest BCUT2D eigenvalue weighted by molar-refractivity contribution is 1.38. The number of aromatic amines is 1. The number of hydrogen-bond donors (Lipinski definition) is 1. The van der Waals surface area contributed by atoms with E-state index in [2.05, 4.69) is 10.2 Å². The van der Waals surface area contributed by atoms with Gasteiger partial charge in [0.05, 0.1) is 11.4 Å². The van der Waals surface area contributed by atoms with E-state index in [-0.39, 0.29) is 0 Å². The molecule has 3 heteroatoms. The van der Waals surface area contributed by atoms with Gasteiger partial charge in [0.1, 0.15) is 5.69 Å². The summed E-state index contributed by atoms with van der Waals surface area (Å²) in [5.41, 5.74) is 5.85. The Morgan fingerprint density at radius 2 is 1.00 bits per heavy atom. The summed E-state index contributed by atoms with van der Waals surface area (Å²) in [4.78, 5) is 15.2. The number of nitrogens with one attached hydrogen (secondary N) is 1. The number of nitrogens with zero attached hydrogens (tertiary/aromatic N) is 1. The fourth-order valence-electron chi connectivity index (χ4n) is 3.10. The summed E-state index contributed by atoms with van der Waals surface area (Å²) in [6.45, 7) is 0. The predicted molar refractivity (Wildman–Crippen MR) is 103 cm³/mol. The van der Waals surface area contributed by atoms with E-state index in [0.29, 0.717) is 5.69 Å². The van der Waals surface area contributed by atoms with Gasteiger partial charge < -0.3 is 4.98 Å². The van der Waals surface area contributed by atoms with Crippen LogP contribution in [0.1, 0.15) is 0 Å². The maximum absolute atomic E-state index is 11.8. The second-order valence-corrected chi connectivity index (χ2v) is 5.79. The van der Waals surface area contributed by atoms with Crippen LogP contribution in [0.2, 0.25) is 0 Å². The van der Waals surface area contributed by atoms with Gasteiger partial charge >= 0.3 is 0 Å². The number of hydrogen-bond acceptors (Lipinski definition) is 2. The average Bonchev–Trinajstić information content (AvgIpc) is 3.09. The van der Waals surface area contributed by atoms with Crippen molar-refractivity contribution in [2.45, 2.75) is 0 Å². The van der Waals surface area contributed by atoms with Gasteiger partial charge in [0.25, 0.3) is 0 Å². The molecular weight excluding hydrogens is 308 g/mol. The van der Waals surface area contributed by atoms with Crippen LogP contribution < -0.4 is 0 Å². The first-order valence-electron chi connectivity index (χ1n) is 8.14. The minimum absolute atomic E-state index is 0.441. The molecule has 0 saturated carbocycles. The molecule has 1 N–H and O–H groups in total. The molecule has 1 aromatic heterocycles. The van der Waals surface area contributed by atoms with Crippen molar-refractivity contribution < 1.29 is 0 Å². The summed E-state index contributed by atoms with van der Waals surface area (Å²) in [6, 6.07) is 29.7. The van der Waals surface area contributed by atoms with Crippen molar-refractivity contribution >= 4 is 5.69 Å². The van der Waals surface area contributed by atoms with Gasteiger partial charge in [-0.15, -0.1) is 4.91 Å². The van der Waals surface area contributed by atoms with E-state index in [1.54, 1.807) is 0 Å². The lowest BCUT2D eigenvalue weighted by Gasteiger charge is -2.05. The van der Waals surface area contributed by atoms with Crippen molar-refractivity contribution in [2.24, 2.45) is 5.18 Å². The lowest BCUT2D eigenvalue weighted by Crippen LogP contribution is -1.82. The van der Waals surface area contributed by atoms with Crippen molar-refractivity contribution in [2.75, 3.05) is 0 Å². The van der Waals surface area contributed by atoms with Crippen LogP contribution in [0.4, 0.5) is 5.69 Å². The Labute approximate surface area is 146 Å². The van der Waals surface area contributed by atoms with Gasteiger partial charge in [0.15, 0.2) is 0 Å². The minimum atomic E-state index is 0.441. The van der Waals surface area contributed by atoms with Crippen molar-refractivity contribution in [3.05, 3.63) is 95.9 Å². The third-order valence-corrected chi connectivity index (χ3v) is 4.25. The van der Waals surface area contributed by atoms with Crippen LogP contribution in [0, 0.1) is 4.91 Å². The molecule has 3 aromatic carbocycles. The van der Waals surface area contributed by atoms with Gasteiger partial charge in [-0.1, -0.05) is 91.0 Å². The molecule has 4 aromatic rings. The fourth-order valence-corrected chi connectivity index (χ4v) is 3.10. The fraction of sp³-hybridized carbons (Fsp3) is 0. The normalized spacial score (nSPS) is 10.6. The van der Waals surface area contributed by atoms with Crippen LogP contribution in [0.5, 0.6) is 0 Å². The van der Waals surface area contributed by atoms with Crippen LogP contribution in [0.15, 0.2) is 96.2 Å². The van der Waals surface area contributed by atoms with E-state index < -0.39 is 0 Å². The molecule has 0 radical (unpaired) electrons. The highest BCUT2D eigenvalue weighted by molar-refractivity contribution is 5.97. The predicted octanol–water partition coefficient (Wildman–Crippen LogP) is 6.41. The Bertz CT molecular complexity index is 990. The van der Waals surface area contributed by atoms with Crippen molar-refractivity contribution in [1.29, 1.82) is 0 Å². The minimum Gasteiger partial charge on any atom is -0.352 e. The van der Waals surface area contributed by atoms with Crippen LogP contribution in [0.25, 0.3) is 33.6 Å². The van der Waals surface area contributed by atoms with E-state index in [0.717, 1.165) is 33.6 Å². The van der Waals surface area contributed by atoms with Gasteiger partial charge in [-0.3, -0.25) is 0 Å². The molecule has 1 heterocycles. The average molecular weight is 324 g/mol. The lowest BCUT2D eigenvalue weighted by atomic mass is 9.99. The molecule has 0 unspecified atom stereocenters. The molecule has 0 aliphatic heterocycles. The van der Waals surface area contributed by atoms with Crippen molar-refractivity contribution in [1.82, 2.24) is 4.98 Å². The van der Waals surface area contributed by atoms with Gasteiger partial charge in [0, 0.05) is 11.1 Å². The number of benzene rings is 3. The SMILES string of the molecule is O=Nc1c(-c2ccccc2)[nH]c(-c2ccccc2)c1-c1ccccc1. The Morgan fingerprint density at radius 1 is 0.560 bits per heavy atom. The zero-order chi connectivity index (χ0) is 17.1. The molecule has 0 saturated heterocycles. The molecule has 4 rings (SSSR count). The highest BCUT2D eigenvalue weighted by atomic mass is 16.3. The number of nitroso groups, excluding NO2 is 1. The number of H-pyrrole nitrogens is 1. The summed E-state index contributed by atoms with van der Waals surface area (Å²) in [5.74, 6) is 0. The maximum Gasteiger partial charge on any atom is 0.141 e. The summed E-state index contributed by atoms with van der Waals surface area (Å²) in [6.07, 6.45) is 0.